The number of nitrogens with zero attached hydrogens (tertiary/aromatic N) is 2. The first-order valence-corrected chi connectivity index (χ1v) is 12.3. The number of allylic oxidation sites excluding steroid dienone is 1. The summed E-state index contributed by atoms with van der Waals surface area (Å²) in [4.78, 5) is 15.6. The van der Waals surface area contributed by atoms with Gasteiger partial charge in [-0.2, -0.15) is 0 Å². The highest BCUT2D eigenvalue weighted by atomic mass is 19.1. The molecule has 7 heteroatoms. The number of rotatable bonds is 5. The molecule has 0 amide bonds. The van der Waals surface area contributed by atoms with E-state index in [9.17, 15) is 9.18 Å². The van der Waals surface area contributed by atoms with Crippen molar-refractivity contribution in [2.75, 3.05) is 13.8 Å². The van der Waals surface area contributed by atoms with Crippen molar-refractivity contribution < 1.29 is 23.4 Å². The summed E-state index contributed by atoms with van der Waals surface area (Å²) in [6.07, 6.45) is 3.85. The second kappa shape index (κ2) is 9.09. The molecule has 3 aromatic carbocycles. The summed E-state index contributed by atoms with van der Waals surface area (Å²) in [6.45, 7) is 6.46. The smallest absolute Gasteiger partial charge is 0.231 e. The predicted octanol–water partition coefficient (Wildman–Crippen LogP) is 6.09. The standard InChI is InChI=1S/C30H27FN2O4/c1-4-33-16-20(24-13-23(35-3)9-10-26(24)33)12-27-28(34)25-11-21-15-32(14-19-5-7-22(31)8-6-19)17-36-29(21)18(2)30(25)37-27/h5-13,16H,4,14-15,17H2,1-3H3/b27-12-. The Hall–Kier alpha value is -4.10. The normalized spacial score (nSPS) is 16.0. The van der Waals surface area contributed by atoms with Crippen LogP contribution in [0.5, 0.6) is 17.2 Å². The molecule has 0 saturated carbocycles. The second-order valence-corrected chi connectivity index (χ2v) is 9.45. The average molecular weight is 499 g/mol. The van der Waals surface area contributed by atoms with Gasteiger partial charge in [-0.1, -0.05) is 12.1 Å². The third-order valence-corrected chi connectivity index (χ3v) is 7.07. The van der Waals surface area contributed by atoms with Crippen molar-refractivity contribution in [1.82, 2.24) is 9.47 Å². The summed E-state index contributed by atoms with van der Waals surface area (Å²) >= 11 is 0. The molecule has 1 aromatic heterocycles. The van der Waals surface area contributed by atoms with E-state index in [1.807, 2.05) is 43.5 Å². The van der Waals surface area contributed by atoms with Crippen LogP contribution in [0, 0.1) is 12.7 Å². The molecule has 6 rings (SSSR count). The van der Waals surface area contributed by atoms with Crippen LogP contribution < -0.4 is 14.2 Å². The zero-order valence-corrected chi connectivity index (χ0v) is 21.0. The molecule has 3 heterocycles. The van der Waals surface area contributed by atoms with Crippen LogP contribution in [0.2, 0.25) is 0 Å². The van der Waals surface area contributed by atoms with E-state index in [1.165, 1.54) is 12.1 Å². The zero-order chi connectivity index (χ0) is 25.7. The first kappa shape index (κ1) is 23.3. The lowest BCUT2D eigenvalue weighted by molar-refractivity contribution is 0.0876. The topological polar surface area (TPSA) is 52.9 Å². The van der Waals surface area contributed by atoms with Gasteiger partial charge in [0.15, 0.2) is 5.76 Å². The number of carbonyl (C=O) groups excluding carboxylic acids is 1. The molecule has 0 atom stereocenters. The van der Waals surface area contributed by atoms with Crippen LogP contribution in [0.3, 0.4) is 0 Å². The average Bonchev–Trinajstić information content (AvgIpc) is 3.42. The number of halogens is 1. The van der Waals surface area contributed by atoms with Crippen LogP contribution >= 0.6 is 0 Å². The van der Waals surface area contributed by atoms with Crippen molar-refractivity contribution >= 4 is 22.8 Å². The molecule has 2 aliphatic rings. The van der Waals surface area contributed by atoms with E-state index in [0.29, 0.717) is 36.9 Å². The van der Waals surface area contributed by atoms with Crippen LogP contribution in [-0.2, 0) is 19.6 Å². The number of aryl methyl sites for hydroxylation is 1. The van der Waals surface area contributed by atoms with E-state index >= 15 is 0 Å². The Morgan fingerprint density at radius 2 is 1.92 bits per heavy atom. The summed E-state index contributed by atoms with van der Waals surface area (Å²) in [5.41, 5.74) is 5.28. The van der Waals surface area contributed by atoms with Gasteiger partial charge in [0.2, 0.25) is 5.78 Å². The van der Waals surface area contributed by atoms with Gasteiger partial charge in [0.1, 0.15) is 29.8 Å². The van der Waals surface area contributed by atoms with Crippen molar-refractivity contribution in [3.05, 3.63) is 94.1 Å². The fourth-order valence-electron chi connectivity index (χ4n) is 5.19. The van der Waals surface area contributed by atoms with E-state index in [-0.39, 0.29) is 11.6 Å². The number of aromatic nitrogens is 1. The summed E-state index contributed by atoms with van der Waals surface area (Å²) in [6, 6.07) is 14.3. The lowest BCUT2D eigenvalue weighted by atomic mass is 9.99. The molecule has 0 N–H and O–H groups in total. The van der Waals surface area contributed by atoms with Gasteiger partial charge < -0.3 is 18.8 Å². The van der Waals surface area contributed by atoms with Crippen LogP contribution in [0.25, 0.3) is 17.0 Å². The Bertz CT molecular complexity index is 1570. The van der Waals surface area contributed by atoms with E-state index in [4.69, 9.17) is 14.2 Å². The minimum absolute atomic E-state index is 0.142. The summed E-state index contributed by atoms with van der Waals surface area (Å²) in [5, 5.41) is 0.997. The van der Waals surface area contributed by atoms with Gasteiger partial charge in [-0.15, -0.1) is 0 Å². The molecular formula is C30H27FN2O4. The van der Waals surface area contributed by atoms with Crippen molar-refractivity contribution in [2.24, 2.45) is 0 Å². The maximum Gasteiger partial charge on any atom is 0.231 e. The Kier molecular flexibility index (Phi) is 5.72. The number of carbonyl (C=O) groups is 1. The molecule has 37 heavy (non-hydrogen) atoms. The molecule has 0 saturated heterocycles. The fourth-order valence-corrected chi connectivity index (χ4v) is 5.19. The third-order valence-electron chi connectivity index (χ3n) is 7.07. The second-order valence-electron chi connectivity index (χ2n) is 9.45. The minimum Gasteiger partial charge on any atom is -0.497 e. The molecule has 6 nitrogen and oxygen atoms in total. The third kappa shape index (κ3) is 4.05. The van der Waals surface area contributed by atoms with Crippen LogP contribution in [-0.4, -0.2) is 29.1 Å². The molecule has 0 unspecified atom stereocenters. The summed E-state index contributed by atoms with van der Waals surface area (Å²) in [5.74, 6) is 1.97. The Balaban J connectivity index is 1.32. The van der Waals surface area contributed by atoms with Gasteiger partial charge in [-0.3, -0.25) is 9.69 Å². The van der Waals surface area contributed by atoms with E-state index in [2.05, 4.69) is 16.4 Å². The first-order valence-electron chi connectivity index (χ1n) is 12.3. The van der Waals surface area contributed by atoms with Crippen molar-refractivity contribution in [3.8, 4) is 17.2 Å². The molecule has 0 bridgehead atoms. The summed E-state index contributed by atoms with van der Waals surface area (Å²) in [7, 11) is 1.64. The zero-order valence-electron chi connectivity index (χ0n) is 21.0. The van der Waals surface area contributed by atoms with E-state index < -0.39 is 0 Å². The van der Waals surface area contributed by atoms with E-state index in [1.54, 1.807) is 19.2 Å². The number of hydrogen-bond acceptors (Lipinski definition) is 5. The highest BCUT2D eigenvalue weighted by Crippen LogP contribution is 2.43. The highest BCUT2D eigenvalue weighted by molar-refractivity contribution is 6.15. The maximum atomic E-state index is 13.5. The number of ether oxygens (including phenoxy) is 3. The van der Waals surface area contributed by atoms with Gasteiger partial charge in [0, 0.05) is 53.4 Å². The van der Waals surface area contributed by atoms with Gasteiger partial charge in [0.05, 0.1) is 12.7 Å². The summed E-state index contributed by atoms with van der Waals surface area (Å²) < 4.78 is 33.1. The molecule has 2 aliphatic heterocycles. The Morgan fingerprint density at radius 3 is 2.68 bits per heavy atom. The number of ketones is 1. The molecule has 0 radical (unpaired) electrons. The van der Waals surface area contributed by atoms with Gasteiger partial charge in [0.25, 0.3) is 0 Å². The molecular weight excluding hydrogens is 471 g/mol. The van der Waals surface area contributed by atoms with Gasteiger partial charge in [-0.25, -0.2) is 4.39 Å². The van der Waals surface area contributed by atoms with Gasteiger partial charge >= 0.3 is 0 Å². The highest BCUT2D eigenvalue weighted by Gasteiger charge is 2.34. The lowest BCUT2D eigenvalue weighted by Gasteiger charge is -2.30. The number of methoxy groups -OCH3 is 1. The largest absolute Gasteiger partial charge is 0.497 e. The van der Waals surface area contributed by atoms with Crippen molar-refractivity contribution in [2.45, 2.75) is 33.5 Å². The number of hydrogen-bond donors (Lipinski definition) is 0. The van der Waals surface area contributed by atoms with Crippen LogP contribution in [0.1, 0.15) is 39.5 Å². The molecule has 0 fully saturated rings. The first-order chi connectivity index (χ1) is 17.9. The molecule has 0 aliphatic carbocycles. The minimum atomic E-state index is -0.254. The van der Waals surface area contributed by atoms with Gasteiger partial charge in [-0.05, 0) is 61.9 Å². The lowest BCUT2D eigenvalue weighted by Crippen LogP contribution is -2.32. The predicted molar refractivity (Wildman–Crippen MR) is 139 cm³/mol. The molecule has 4 aromatic rings. The number of fused-ring (bicyclic) bond motifs is 3. The fraction of sp³-hybridized carbons (Fsp3) is 0.233. The van der Waals surface area contributed by atoms with E-state index in [0.717, 1.165) is 51.2 Å². The Labute approximate surface area is 214 Å². The quantitative estimate of drug-likeness (QED) is 0.312. The maximum absolute atomic E-state index is 13.5. The van der Waals surface area contributed by atoms with Crippen molar-refractivity contribution in [3.63, 3.8) is 0 Å². The van der Waals surface area contributed by atoms with Crippen LogP contribution in [0.15, 0.2) is 60.5 Å². The van der Waals surface area contributed by atoms with Crippen LogP contribution in [0.4, 0.5) is 4.39 Å². The van der Waals surface area contributed by atoms with Crippen molar-refractivity contribution in [1.29, 1.82) is 0 Å². The monoisotopic (exact) mass is 498 g/mol. The molecule has 0 spiro atoms. The SMILES string of the molecule is CCn1cc(/C=C2\Oc3c(cc4c(c3C)OCN(Cc3ccc(F)cc3)C4)C2=O)c2cc(OC)ccc21. The number of Topliss-reactive ketones (excluding diaryl/α,β-unsaturated/α-hetero) is 1. The Morgan fingerprint density at radius 1 is 1.11 bits per heavy atom. The molecule has 188 valence electrons. The number of benzene rings is 3.